The molecule has 1 aliphatic heterocycles. The number of esters is 2. The first-order chi connectivity index (χ1) is 18.3. The Kier molecular flexibility index (Phi) is 9.35. The standard InChI is InChI=1S/C33H38O5/c1-4-5-6-7-8-24(2)37-31(34)29-17-19-30(20-18-29)38-32(35)28-15-13-27(14-16-28)26-11-9-25(10-12-26)21-33(3)22-36-23-33/h9-20,24H,4-8,21-23H2,1-3H3. The zero-order valence-corrected chi connectivity index (χ0v) is 22.7. The summed E-state index contributed by atoms with van der Waals surface area (Å²) in [6.45, 7) is 7.99. The first-order valence-corrected chi connectivity index (χ1v) is 13.7. The summed E-state index contributed by atoms with van der Waals surface area (Å²) >= 11 is 0. The summed E-state index contributed by atoms with van der Waals surface area (Å²) in [6.07, 6.45) is 6.35. The molecule has 1 fully saturated rings. The lowest BCUT2D eigenvalue weighted by atomic mass is 9.82. The zero-order chi connectivity index (χ0) is 27.0. The summed E-state index contributed by atoms with van der Waals surface area (Å²) in [5, 5.41) is 0. The van der Waals surface area contributed by atoms with Gasteiger partial charge in [-0.05, 0) is 79.3 Å². The maximum atomic E-state index is 12.7. The van der Waals surface area contributed by atoms with E-state index >= 15 is 0 Å². The van der Waals surface area contributed by atoms with Crippen molar-refractivity contribution >= 4 is 11.9 Å². The zero-order valence-electron chi connectivity index (χ0n) is 22.7. The number of carbonyl (C=O) groups is 2. The van der Waals surface area contributed by atoms with Crippen molar-refractivity contribution in [3.05, 3.63) is 89.5 Å². The quantitative estimate of drug-likeness (QED) is 0.141. The largest absolute Gasteiger partial charge is 0.459 e. The van der Waals surface area contributed by atoms with Gasteiger partial charge in [-0.1, -0.05) is 69.5 Å². The molecule has 1 unspecified atom stereocenters. The van der Waals surface area contributed by atoms with Gasteiger partial charge in [-0.25, -0.2) is 9.59 Å². The van der Waals surface area contributed by atoms with E-state index in [-0.39, 0.29) is 17.5 Å². The van der Waals surface area contributed by atoms with Crippen LogP contribution < -0.4 is 4.74 Å². The van der Waals surface area contributed by atoms with Crippen molar-refractivity contribution in [1.82, 2.24) is 0 Å². The molecule has 0 spiro atoms. The van der Waals surface area contributed by atoms with Crippen LogP contribution in [-0.4, -0.2) is 31.3 Å². The average molecular weight is 515 g/mol. The van der Waals surface area contributed by atoms with E-state index in [1.54, 1.807) is 36.4 Å². The van der Waals surface area contributed by atoms with Crippen molar-refractivity contribution in [1.29, 1.82) is 0 Å². The van der Waals surface area contributed by atoms with Gasteiger partial charge in [-0.2, -0.15) is 0 Å². The molecule has 3 aromatic rings. The van der Waals surface area contributed by atoms with Crippen molar-refractivity contribution in [2.75, 3.05) is 13.2 Å². The molecule has 1 atom stereocenters. The third kappa shape index (κ3) is 7.55. The Hall–Kier alpha value is -3.44. The predicted molar refractivity (Wildman–Crippen MR) is 150 cm³/mol. The lowest BCUT2D eigenvalue weighted by molar-refractivity contribution is -0.100. The Labute approximate surface area is 226 Å². The van der Waals surface area contributed by atoms with Gasteiger partial charge in [0.05, 0.1) is 30.4 Å². The van der Waals surface area contributed by atoms with Crippen LogP contribution in [-0.2, 0) is 15.9 Å². The SMILES string of the molecule is CCCCCCC(C)OC(=O)c1ccc(OC(=O)c2ccc(-c3ccc(CC4(C)COC4)cc3)cc2)cc1. The van der Waals surface area contributed by atoms with Gasteiger partial charge in [-0.3, -0.25) is 0 Å². The van der Waals surface area contributed by atoms with E-state index in [1.165, 1.54) is 18.4 Å². The molecule has 0 N–H and O–H groups in total. The van der Waals surface area contributed by atoms with E-state index in [1.807, 2.05) is 19.1 Å². The number of unbranched alkanes of at least 4 members (excludes halogenated alkanes) is 3. The number of hydrogen-bond acceptors (Lipinski definition) is 5. The van der Waals surface area contributed by atoms with Crippen molar-refractivity contribution in [2.24, 2.45) is 5.41 Å². The maximum Gasteiger partial charge on any atom is 0.343 e. The van der Waals surface area contributed by atoms with E-state index in [2.05, 4.69) is 38.1 Å². The van der Waals surface area contributed by atoms with Crippen LogP contribution in [0.3, 0.4) is 0 Å². The Morgan fingerprint density at radius 3 is 1.97 bits per heavy atom. The first kappa shape index (κ1) is 27.6. The molecular weight excluding hydrogens is 476 g/mol. The molecule has 4 rings (SSSR count). The topological polar surface area (TPSA) is 61.8 Å². The fourth-order valence-electron chi connectivity index (χ4n) is 4.65. The summed E-state index contributed by atoms with van der Waals surface area (Å²) < 4.78 is 16.4. The second-order valence-electron chi connectivity index (χ2n) is 10.7. The summed E-state index contributed by atoms with van der Waals surface area (Å²) in [4.78, 5) is 25.1. The minimum Gasteiger partial charge on any atom is -0.459 e. The highest BCUT2D eigenvalue weighted by Gasteiger charge is 2.33. The number of carbonyl (C=O) groups excluding carboxylic acids is 2. The molecule has 38 heavy (non-hydrogen) atoms. The monoisotopic (exact) mass is 514 g/mol. The van der Waals surface area contributed by atoms with Crippen LogP contribution in [0.1, 0.15) is 79.2 Å². The highest BCUT2D eigenvalue weighted by atomic mass is 16.5. The van der Waals surface area contributed by atoms with Gasteiger partial charge >= 0.3 is 11.9 Å². The van der Waals surface area contributed by atoms with Crippen molar-refractivity contribution < 1.29 is 23.8 Å². The molecule has 0 saturated carbocycles. The predicted octanol–water partition coefficient (Wildman–Crippen LogP) is 7.67. The molecule has 1 saturated heterocycles. The molecule has 1 heterocycles. The van der Waals surface area contributed by atoms with Crippen LogP contribution in [0.15, 0.2) is 72.8 Å². The van der Waals surface area contributed by atoms with E-state index in [9.17, 15) is 9.59 Å². The molecule has 0 aromatic heterocycles. The smallest absolute Gasteiger partial charge is 0.343 e. The minimum atomic E-state index is -0.445. The van der Waals surface area contributed by atoms with Gasteiger partial charge in [0.15, 0.2) is 0 Å². The molecular formula is C33H38O5. The Bertz CT molecular complexity index is 1190. The Morgan fingerprint density at radius 1 is 0.816 bits per heavy atom. The molecule has 5 nitrogen and oxygen atoms in total. The highest BCUT2D eigenvalue weighted by molar-refractivity contribution is 5.92. The number of benzene rings is 3. The molecule has 0 aliphatic carbocycles. The van der Waals surface area contributed by atoms with E-state index in [4.69, 9.17) is 14.2 Å². The van der Waals surface area contributed by atoms with Gasteiger partial charge < -0.3 is 14.2 Å². The Balaban J connectivity index is 1.28. The Morgan fingerprint density at radius 2 is 1.39 bits per heavy atom. The van der Waals surface area contributed by atoms with Crippen molar-refractivity contribution in [3.63, 3.8) is 0 Å². The second kappa shape index (κ2) is 12.9. The first-order valence-electron chi connectivity index (χ1n) is 13.7. The second-order valence-corrected chi connectivity index (χ2v) is 10.7. The maximum absolute atomic E-state index is 12.7. The fourth-order valence-corrected chi connectivity index (χ4v) is 4.65. The van der Waals surface area contributed by atoms with Gasteiger partial charge in [0.2, 0.25) is 0 Å². The van der Waals surface area contributed by atoms with Crippen LogP contribution in [0.2, 0.25) is 0 Å². The van der Waals surface area contributed by atoms with E-state index < -0.39 is 5.97 Å². The molecule has 5 heteroatoms. The molecule has 200 valence electrons. The summed E-state index contributed by atoms with van der Waals surface area (Å²) in [6, 6.07) is 22.4. The lowest BCUT2D eigenvalue weighted by Gasteiger charge is -2.38. The van der Waals surface area contributed by atoms with Crippen LogP contribution in [0.4, 0.5) is 0 Å². The summed E-state index contributed by atoms with van der Waals surface area (Å²) in [5.41, 5.74) is 4.59. The van der Waals surface area contributed by atoms with Crippen molar-refractivity contribution in [3.8, 4) is 16.9 Å². The lowest BCUT2D eigenvalue weighted by Crippen LogP contribution is -2.41. The average Bonchev–Trinajstić information content (AvgIpc) is 2.91. The number of hydrogen-bond donors (Lipinski definition) is 0. The van der Waals surface area contributed by atoms with Gasteiger partial charge in [0, 0.05) is 5.41 Å². The third-order valence-electron chi connectivity index (χ3n) is 7.01. The summed E-state index contributed by atoms with van der Waals surface area (Å²) in [7, 11) is 0. The molecule has 0 bridgehead atoms. The molecule has 0 radical (unpaired) electrons. The fraction of sp³-hybridized carbons (Fsp3) is 0.394. The number of rotatable bonds is 12. The number of ether oxygens (including phenoxy) is 3. The summed E-state index contributed by atoms with van der Waals surface area (Å²) in [5.74, 6) is -0.427. The normalized spacial score (nSPS) is 14.8. The highest BCUT2D eigenvalue weighted by Crippen LogP contribution is 2.31. The minimum absolute atomic E-state index is 0.122. The van der Waals surface area contributed by atoms with Gasteiger partial charge in [0.1, 0.15) is 5.75 Å². The third-order valence-corrected chi connectivity index (χ3v) is 7.01. The van der Waals surface area contributed by atoms with E-state index in [0.717, 1.165) is 50.0 Å². The van der Waals surface area contributed by atoms with Gasteiger partial charge in [0.25, 0.3) is 0 Å². The van der Waals surface area contributed by atoms with Crippen LogP contribution >= 0.6 is 0 Å². The van der Waals surface area contributed by atoms with E-state index in [0.29, 0.717) is 16.9 Å². The van der Waals surface area contributed by atoms with Gasteiger partial charge in [-0.15, -0.1) is 0 Å². The van der Waals surface area contributed by atoms with Crippen molar-refractivity contribution in [2.45, 2.75) is 65.4 Å². The molecule has 0 amide bonds. The molecule has 1 aliphatic rings. The van der Waals surface area contributed by atoms with Crippen LogP contribution in [0.5, 0.6) is 5.75 Å². The molecule has 3 aromatic carbocycles. The van der Waals surface area contributed by atoms with Crippen LogP contribution in [0, 0.1) is 5.41 Å². The van der Waals surface area contributed by atoms with Crippen LogP contribution in [0.25, 0.3) is 11.1 Å².